The van der Waals surface area contributed by atoms with E-state index in [2.05, 4.69) is 15.6 Å². The van der Waals surface area contributed by atoms with Gasteiger partial charge in [0, 0.05) is 31.6 Å². The van der Waals surface area contributed by atoms with Crippen LogP contribution in [0.1, 0.15) is 59.3 Å². The summed E-state index contributed by atoms with van der Waals surface area (Å²) in [5.74, 6) is 0.868. The largest absolute Gasteiger partial charge is 0.369 e. The molecule has 1 heterocycles. The van der Waals surface area contributed by atoms with Gasteiger partial charge in [0.25, 0.3) is 0 Å². The van der Waals surface area contributed by atoms with Gasteiger partial charge in [0.15, 0.2) is 5.96 Å². The van der Waals surface area contributed by atoms with Gasteiger partial charge in [0.05, 0.1) is 12.0 Å². The Balaban J connectivity index is 0.00000364. The maximum absolute atomic E-state index is 12.7. The number of aliphatic imine (C=N–C) groups is 1. The molecule has 1 atom stereocenters. The van der Waals surface area contributed by atoms with Crippen LogP contribution < -0.4 is 16.4 Å². The van der Waals surface area contributed by atoms with E-state index in [1.165, 1.54) is 19.3 Å². The maximum Gasteiger partial charge on any atom is 0.225 e. The van der Waals surface area contributed by atoms with Gasteiger partial charge in [0.2, 0.25) is 11.8 Å². The molecule has 1 aliphatic carbocycles. The highest BCUT2D eigenvalue weighted by Gasteiger charge is 2.32. The molecule has 1 saturated heterocycles. The zero-order valence-electron chi connectivity index (χ0n) is 16.9. The number of rotatable bonds is 6. The molecule has 2 aliphatic rings. The smallest absolute Gasteiger partial charge is 0.225 e. The van der Waals surface area contributed by atoms with E-state index in [1.54, 1.807) is 13.8 Å². The average Bonchev–Trinajstić information content (AvgIpc) is 3.08. The maximum atomic E-state index is 12.7. The minimum absolute atomic E-state index is 0. The lowest BCUT2D eigenvalue weighted by Crippen LogP contribution is -2.46. The molecule has 0 bridgehead atoms. The summed E-state index contributed by atoms with van der Waals surface area (Å²) in [7, 11) is 0. The lowest BCUT2D eigenvalue weighted by atomic mass is 9.88. The van der Waals surface area contributed by atoms with Crippen LogP contribution in [0.25, 0.3) is 0 Å². The number of nitrogens with two attached hydrogens (primary N) is 1. The SMILES string of the molecule is CCNC(=NCC(C)(C)C(N)=O)NC1CCN(C(=O)C2CCCCC2)C1.I. The van der Waals surface area contributed by atoms with Crippen molar-refractivity contribution in [2.75, 3.05) is 26.2 Å². The monoisotopic (exact) mass is 493 g/mol. The molecule has 1 unspecified atom stereocenters. The van der Waals surface area contributed by atoms with Crippen LogP contribution in [0.15, 0.2) is 4.99 Å². The summed E-state index contributed by atoms with van der Waals surface area (Å²) in [5, 5.41) is 6.62. The predicted molar refractivity (Wildman–Crippen MR) is 119 cm³/mol. The number of carbonyl (C=O) groups is 2. The zero-order chi connectivity index (χ0) is 19.2. The van der Waals surface area contributed by atoms with Crippen molar-refractivity contribution < 1.29 is 9.59 Å². The van der Waals surface area contributed by atoms with Gasteiger partial charge in [-0.25, -0.2) is 0 Å². The number of halogens is 1. The first-order chi connectivity index (χ1) is 12.3. The summed E-state index contributed by atoms with van der Waals surface area (Å²) >= 11 is 0. The number of hydrogen-bond donors (Lipinski definition) is 3. The Bertz CT molecular complexity index is 532. The Morgan fingerprint density at radius 1 is 1.19 bits per heavy atom. The van der Waals surface area contributed by atoms with Crippen LogP contribution in [0.4, 0.5) is 0 Å². The number of nitrogens with zero attached hydrogens (tertiary/aromatic N) is 2. The molecule has 0 aromatic carbocycles. The van der Waals surface area contributed by atoms with Crippen LogP contribution in [-0.4, -0.2) is 54.9 Å². The third kappa shape index (κ3) is 7.12. The number of hydrogen-bond acceptors (Lipinski definition) is 3. The average molecular weight is 493 g/mol. The van der Waals surface area contributed by atoms with E-state index in [9.17, 15) is 9.59 Å². The van der Waals surface area contributed by atoms with Gasteiger partial charge in [-0.3, -0.25) is 14.6 Å². The summed E-state index contributed by atoms with van der Waals surface area (Å²) in [5.41, 5.74) is 4.74. The topological polar surface area (TPSA) is 99.8 Å². The predicted octanol–water partition coefficient (Wildman–Crippen LogP) is 1.85. The quantitative estimate of drug-likeness (QED) is 0.299. The molecule has 2 rings (SSSR count). The van der Waals surface area contributed by atoms with Gasteiger partial charge in [-0.2, -0.15) is 0 Å². The lowest BCUT2D eigenvalue weighted by molar-refractivity contribution is -0.135. The fraction of sp³-hybridized carbons (Fsp3) is 0.842. The fourth-order valence-corrected chi connectivity index (χ4v) is 3.55. The van der Waals surface area contributed by atoms with Crippen molar-refractivity contribution in [3.63, 3.8) is 0 Å². The van der Waals surface area contributed by atoms with E-state index in [-0.39, 0.29) is 41.8 Å². The molecule has 1 saturated carbocycles. The van der Waals surface area contributed by atoms with Gasteiger partial charge in [-0.05, 0) is 40.0 Å². The summed E-state index contributed by atoms with van der Waals surface area (Å²) in [6, 6.07) is 0.192. The highest BCUT2D eigenvalue weighted by molar-refractivity contribution is 14.0. The van der Waals surface area contributed by atoms with Gasteiger partial charge >= 0.3 is 0 Å². The van der Waals surface area contributed by atoms with Crippen molar-refractivity contribution in [2.24, 2.45) is 22.1 Å². The van der Waals surface area contributed by atoms with Crippen molar-refractivity contribution in [2.45, 2.75) is 65.3 Å². The first-order valence-electron chi connectivity index (χ1n) is 9.97. The van der Waals surface area contributed by atoms with Crippen LogP contribution in [0, 0.1) is 11.3 Å². The molecule has 4 N–H and O–H groups in total. The molecular formula is C19H36IN5O2. The zero-order valence-corrected chi connectivity index (χ0v) is 19.3. The standard InChI is InChI=1S/C19H35N5O2.HI/c1-4-21-18(22-13-19(2,3)17(20)26)23-15-10-11-24(12-15)16(25)14-8-6-5-7-9-14;/h14-15H,4-13H2,1-3H3,(H2,20,26)(H2,21,22,23);1H. The fourth-order valence-electron chi connectivity index (χ4n) is 3.55. The summed E-state index contributed by atoms with van der Waals surface area (Å²) < 4.78 is 0. The number of nitrogens with one attached hydrogen (secondary N) is 2. The summed E-state index contributed by atoms with van der Waals surface area (Å²) in [6.45, 7) is 8.18. The van der Waals surface area contributed by atoms with Crippen LogP contribution in [-0.2, 0) is 9.59 Å². The van der Waals surface area contributed by atoms with Crippen LogP contribution >= 0.6 is 24.0 Å². The minimum Gasteiger partial charge on any atom is -0.369 e. The Kier molecular flexibility index (Phi) is 9.83. The third-order valence-electron chi connectivity index (χ3n) is 5.44. The van der Waals surface area contributed by atoms with Gasteiger partial charge < -0.3 is 21.3 Å². The number of amides is 2. The molecule has 1 aliphatic heterocycles. The summed E-state index contributed by atoms with van der Waals surface area (Å²) in [4.78, 5) is 30.7. The molecule has 8 heteroatoms. The molecule has 2 fully saturated rings. The van der Waals surface area contributed by atoms with E-state index >= 15 is 0 Å². The van der Waals surface area contributed by atoms with E-state index in [0.29, 0.717) is 18.4 Å². The molecule has 2 amide bonds. The van der Waals surface area contributed by atoms with Gasteiger partial charge in [-0.1, -0.05) is 19.3 Å². The third-order valence-corrected chi connectivity index (χ3v) is 5.44. The Hall–Kier alpha value is -1.06. The van der Waals surface area contributed by atoms with E-state index in [0.717, 1.165) is 38.9 Å². The van der Waals surface area contributed by atoms with Crippen molar-refractivity contribution in [3.05, 3.63) is 0 Å². The van der Waals surface area contributed by atoms with Crippen LogP contribution in [0.5, 0.6) is 0 Å². The molecule has 0 aromatic rings. The highest BCUT2D eigenvalue weighted by atomic mass is 127. The number of guanidine groups is 1. The number of likely N-dealkylation sites (tertiary alicyclic amines) is 1. The van der Waals surface area contributed by atoms with E-state index in [1.807, 2.05) is 11.8 Å². The second kappa shape index (κ2) is 11.1. The van der Waals surface area contributed by atoms with E-state index < -0.39 is 5.41 Å². The van der Waals surface area contributed by atoms with Crippen molar-refractivity contribution in [3.8, 4) is 0 Å². The Labute approximate surface area is 180 Å². The van der Waals surface area contributed by atoms with Crippen molar-refractivity contribution >= 4 is 41.8 Å². The van der Waals surface area contributed by atoms with Crippen LogP contribution in [0.3, 0.4) is 0 Å². The number of carbonyl (C=O) groups excluding carboxylic acids is 2. The molecule has 27 heavy (non-hydrogen) atoms. The second-order valence-corrected chi connectivity index (χ2v) is 8.19. The second-order valence-electron chi connectivity index (χ2n) is 8.19. The molecular weight excluding hydrogens is 457 g/mol. The molecule has 0 spiro atoms. The molecule has 156 valence electrons. The normalized spacial score (nSPS) is 21.5. The lowest BCUT2D eigenvalue weighted by Gasteiger charge is -2.26. The highest BCUT2D eigenvalue weighted by Crippen LogP contribution is 2.26. The number of primary amides is 1. The molecule has 0 aromatic heterocycles. The van der Waals surface area contributed by atoms with Crippen LogP contribution in [0.2, 0.25) is 0 Å². The minimum atomic E-state index is -0.680. The van der Waals surface area contributed by atoms with Crippen molar-refractivity contribution in [1.29, 1.82) is 0 Å². The first-order valence-corrected chi connectivity index (χ1v) is 9.97. The molecule has 0 radical (unpaired) electrons. The van der Waals surface area contributed by atoms with E-state index in [4.69, 9.17) is 5.73 Å². The van der Waals surface area contributed by atoms with Gasteiger partial charge in [-0.15, -0.1) is 24.0 Å². The van der Waals surface area contributed by atoms with Gasteiger partial charge in [0.1, 0.15) is 0 Å². The first kappa shape index (κ1) is 24.0. The van der Waals surface area contributed by atoms with Crippen molar-refractivity contribution in [1.82, 2.24) is 15.5 Å². The Morgan fingerprint density at radius 3 is 2.44 bits per heavy atom. The molecule has 7 nitrogen and oxygen atoms in total. The Morgan fingerprint density at radius 2 is 1.85 bits per heavy atom. The summed E-state index contributed by atoms with van der Waals surface area (Å²) in [6.07, 6.45) is 6.62.